The van der Waals surface area contributed by atoms with Gasteiger partial charge in [-0.15, -0.1) is 0 Å². The molecule has 0 bridgehead atoms. The SMILES string of the molecule is O=C1C(Cl)=C(N2CC[NH+](Cc3ccccc3)CC2)C(=O)N1c1ccc(F)c(Cl)c1. The molecule has 2 aromatic carbocycles. The van der Waals surface area contributed by atoms with Crippen LogP contribution in [0.1, 0.15) is 5.56 Å². The van der Waals surface area contributed by atoms with Gasteiger partial charge in [-0.1, -0.05) is 53.5 Å². The van der Waals surface area contributed by atoms with Crippen LogP contribution in [0.15, 0.2) is 59.3 Å². The third kappa shape index (κ3) is 3.88. The summed E-state index contributed by atoms with van der Waals surface area (Å²) in [6.07, 6.45) is 0. The van der Waals surface area contributed by atoms with Crippen molar-refractivity contribution in [2.24, 2.45) is 0 Å². The lowest BCUT2D eigenvalue weighted by Crippen LogP contribution is -3.13. The van der Waals surface area contributed by atoms with E-state index in [0.29, 0.717) is 13.1 Å². The van der Waals surface area contributed by atoms with Gasteiger partial charge in [-0.2, -0.15) is 0 Å². The number of amides is 2. The number of nitrogens with zero attached hydrogens (tertiary/aromatic N) is 2. The lowest BCUT2D eigenvalue weighted by Gasteiger charge is -2.33. The number of hydrogen-bond acceptors (Lipinski definition) is 3. The fourth-order valence-corrected chi connectivity index (χ4v) is 4.19. The summed E-state index contributed by atoms with van der Waals surface area (Å²) >= 11 is 12.1. The molecule has 2 aliphatic heterocycles. The van der Waals surface area contributed by atoms with Gasteiger partial charge in [0.2, 0.25) is 0 Å². The molecule has 2 heterocycles. The second-order valence-corrected chi connectivity index (χ2v) is 7.89. The second kappa shape index (κ2) is 8.14. The molecule has 1 saturated heterocycles. The molecule has 0 radical (unpaired) electrons. The Labute approximate surface area is 177 Å². The number of rotatable bonds is 4. The number of carbonyl (C=O) groups is 2. The minimum absolute atomic E-state index is 0.109. The van der Waals surface area contributed by atoms with Crippen molar-refractivity contribution in [1.29, 1.82) is 0 Å². The number of carbonyl (C=O) groups excluding carboxylic acids is 2. The van der Waals surface area contributed by atoms with Crippen LogP contribution in [-0.2, 0) is 16.1 Å². The molecule has 2 amide bonds. The van der Waals surface area contributed by atoms with E-state index in [1.54, 1.807) is 0 Å². The van der Waals surface area contributed by atoms with Crippen LogP contribution in [0.4, 0.5) is 10.1 Å². The highest BCUT2D eigenvalue weighted by atomic mass is 35.5. The Morgan fingerprint density at radius 1 is 0.966 bits per heavy atom. The zero-order valence-electron chi connectivity index (χ0n) is 15.5. The average molecular weight is 435 g/mol. The minimum atomic E-state index is -0.619. The van der Waals surface area contributed by atoms with Crippen LogP contribution < -0.4 is 9.80 Å². The van der Waals surface area contributed by atoms with Gasteiger partial charge in [0.05, 0.1) is 36.9 Å². The van der Waals surface area contributed by atoms with Crippen LogP contribution in [0.3, 0.4) is 0 Å². The summed E-state index contributed by atoms with van der Waals surface area (Å²) in [5.74, 6) is -1.74. The van der Waals surface area contributed by atoms with E-state index < -0.39 is 17.6 Å². The lowest BCUT2D eigenvalue weighted by atomic mass is 10.2. The normalized spacial score (nSPS) is 18.2. The molecule has 0 aromatic heterocycles. The van der Waals surface area contributed by atoms with Crippen LogP contribution in [-0.4, -0.2) is 42.9 Å². The number of nitrogens with one attached hydrogen (secondary N) is 1. The molecule has 2 aromatic rings. The van der Waals surface area contributed by atoms with Crippen molar-refractivity contribution in [2.75, 3.05) is 31.1 Å². The summed E-state index contributed by atoms with van der Waals surface area (Å²) in [5, 5.41) is -0.271. The number of halogens is 3. The Morgan fingerprint density at radius 3 is 2.31 bits per heavy atom. The van der Waals surface area contributed by atoms with Crippen molar-refractivity contribution >= 4 is 40.7 Å². The molecule has 150 valence electrons. The number of hydrogen-bond donors (Lipinski definition) is 1. The molecular formula is C21H19Cl2FN3O2+. The number of imide groups is 1. The number of piperazine rings is 1. The number of quaternary nitrogens is 1. The van der Waals surface area contributed by atoms with Crippen molar-refractivity contribution in [3.8, 4) is 0 Å². The van der Waals surface area contributed by atoms with Gasteiger partial charge in [-0.05, 0) is 18.2 Å². The molecule has 29 heavy (non-hydrogen) atoms. The molecule has 1 fully saturated rings. The molecule has 0 unspecified atom stereocenters. The highest BCUT2D eigenvalue weighted by Gasteiger charge is 2.42. The molecule has 4 rings (SSSR count). The Hall–Kier alpha value is -2.41. The Balaban J connectivity index is 1.47. The minimum Gasteiger partial charge on any atom is -0.354 e. The van der Waals surface area contributed by atoms with E-state index in [4.69, 9.17) is 23.2 Å². The molecule has 5 nitrogen and oxygen atoms in total. The van der Waals surface area contributed by atoms with E-state index in [9.17, 15) is 14.0 Å². The highest BCUT2D eigenvalue weighted by molar-refractivity contribution is 6.52. The summed E-state index contributed by atoms with van der Waals surface area (Å²) in [5.41, 5.74) is 1.67. The van der Waals surface area contributed by atoms with Gasteiger partial charge in [-0.25, -0.2) is 9.29 Å². The summed E-state index contributed by atoms with van der Waals surface area (Å²) < 4.78 is 13.4. The maximum atomic E-state index is 13.4. The summed E-state index contributed by atoms with van der Waals surface area (Å²) in [4.78, 5) is 29.8. The zero-order valence-corrected chi connectivity index (χ0v) is 17.0. The van der Waals surface area contributed by atoms with Gasteiger partial charge >= 0.3 is 0 Å². The Kier molecular flexibility index (Phi) is 5.58. The van der Waals surface area contributed by atoms with E-state index >= 15 is 0 Å². The van der Waals surface area contributed by atoms with Gasteiger partial charge < -0.3 is 9.80 Å². The molecule has 0 spiro atoms. The fraction of sp³-hybridized carbons (Fsp3) is 0.238. The van der Waals surface area contributed by atoms with Crippen LogP contribution in [0, 0.1) is 5.82 Å². The standard InChI is InChI=1S/C21H18Cl2FN3O2/c22-16-12-15(6-7-17(16)24)27-20(28)18(23)19(21(27)29)26-10-8-25(9-11-26)13-14-4-2-1-3-5-14/h1-7,12H,8-11,13H2/p+1. The molecule has 8 heteroatoms. The van der Waals surface area contributed by atoms with Crippen molar-refractivity contribution in [3.05, 3.63) is 75.7 Å². The quantitative estimate of drug-likeness (QED) is 0.750. The first-order valence-corrected chi connectivity index (χ1v) is 10.1. The molecule has 0 aliphatic carbocycles. The predicted molar refractivity (Wildman–Crippen MR) is 109 cm³/mol. The van der Waals surface area contributed by atoms with E-state index in [-0.39, 0.29) is 21.4 Å². The summed E-state index contributed by atoms with van der Waals surface area (Å²) in [6.45, 7) is 3.79. The van der Waals surface area contributed by atoms with Crippen LogP contribution in [0.2, 0.25) is 5.02 Å². The first-order chi connectivity index (χ1) is 14.0. The van der Waals surface area contributed by atoms with Gasteiger partial charge in [0.25, 0.3) is 11.8 Å². The van der Waals surface area contributed by atoms with Gasteiger partial charge in [0.1, 0.15) is 23.1 Å². The first-order valence-electron chi connectivity index (χ1n) is 9.32. The average Bonchev–Trinajstić information content (AvgIpc) is 2.94. The molecule has 1 N–H and O–H groups in total. The van der Waals surface area contributed by atoms with E-state index in [0.717, 1.165) is 30.6 Å². The summed E-state index contributed by atoms with van der Waals surface area (Å²) in [6, 6.07) is 14.0. The van der Waals surface area contributed by atoms with Gasteiger partial charge in [0, 0.05) is 5.56 Å². The topological polar surface area (TPSA) is 45.1 Å². The smallest absolute Gasteiger partial charge is 0.283 e. The maximum Gasteiger partial charge on any atom is 0.283 e. The van der Waals surface area contributed by atoms with Crippen LogP contribution in [0.5, 0.6) is 0 Å². The second-order valence-electron chi connectivity index (χ2n) is 7.11. The first kappa shape index (κ1) is 19.9. The van der Waals surface area contributed by atoms with Gasteiger partial charge in [0.15, 0.2) is 0 Å². The highest BCUT2D eigenvalue weighted by Crippen LogP contribution is 2.32. The molecular weight excluding hydrogens is 416 g/mol. The van der Waals surface area contributed by atoms with E-state index in [1.165, 1.54) is 22.6 Å². The van der Waals surface area contributed by atoms with E-state index in [1.807, 2.05) is 23.1 Å². The molecule has 0 saturated carbocycles. The number of benzene rings is 2. The van der Waals surface area contributed by atoms with Crippen molar-refractivity contribution in [2.45, 2.75) is 6.54 Å². The van der Waals surface area contributed by atoms with Crippen LogP contribution in [0.25, 0.3) is 0 Å². The Bertz CT molecular complexity index is 989. The maximum absolute atomic E-state index is 13.4. The van der Waals surface area contributed by atoms with Crippen molar-refractivity contribution in [3.63, 3.8) is 0 Å². The summed E-state index contributed by atoms with van der Waals surface area (Å²) in [7, 11) is 0. The van der Waals surface area contributed by atoms with E-state index in [2.05, 4.69) is 12.1 Å². The van der Waals surface area contributed by atoms with Gasteiger partial charge in [-0.3, -0.25) is 9.59 Å². The largest absolute Gasteiger partial charge is 0.354 e. The molecule has 0 atom stereocenters. The number of anilines is 1. The predicted octanol–water partition coefficient (Wildman–Crippen LogP) is 2.20. The molecule has 2 aliphatic rings. The van der Waals surface area contributed by atoms with Crippen LogP contribution >= 0.6 is 23.2 Å². The monoisotopic (exact) mass is 434 g/mol. The van der Waals surface area contributed by atoms with Crippen molar-refractivity contribution < 1.29 is 18.9 Å². The lowest BCUT2D eigenvalue weighted by molar-refractivity contribution is -0.917. The fourth-order valence-electron chi connectivity index (χ4n) is 3.73. The third-order valence-electron chi connectivity index (χ3n) is 5.25. The third-order valence-corrected chi connectivity index (χ3v) is 5.88. The van der Waals surface area contributed by atoms with Crippen molar-refractivity contribution in [1.82, 2.24) is 4.90 Å². The zero-order chi connectivity index (χ0) is 20.5. The Morgan fingerprint density at radius 2 is 1.66 bits per heavy atom.